The molecule has 1 aliphatic heterocycles. The third kappa shape index (κ3) is 4.55. The number of amides is 1. The summed E-state index contributed by atoms with van der Waals surface area (Å²) in [6, 6.07) is 10.2. The lowest BCUT2D eigenvalue weighted by molar-refractivity contribution is -0.105. The van der Waals surface area contributed by atoms with Crippen molar-refractivity contribution in [1.29, 1.82) is 0 Å². The first-order valence-corrected chi connectivity index (χ1v) is 10.1. The van der Waals surface area contributed by atoms with Gasteiger partial charge in [0.25, 0.3) is 0 Å². The number of pyridine rings is 1. The number of carbonyl (C=O) groups is 1. The van der Waals surface area contributed by atoms with Gasteiger partial charge in [-0.15, -0.1) is 11.3 Å². The maximum atomic E-state index is 10.5. The van der Waals surface area contributed by atoms with Crippen LogP contribution in [0.1, 0.15) is 21.7 Å². The number of hydrogen-bond donors (Lipinski definition) is 1. The molecule has 0 spiro atoms. The van der Waals surface area contributed by atoms with Gasteiger partial charge in [-0.25, -0.2) is 4.98 Å². The zero-order valence-electron chi connectivity index (χ0n) is 15.7. The van der Waals surface area contributed by atoms with Crippen LogP contribution >= 0.6 is 11.3 Å². The molecule has 6 nitrogen and oxygen atoms in total. The van der Waals surface area contributed by atoms with Crippen LogP contribution in [0.5, 0.6) is 11.5 Å². The Labute approximate surface area is 168 Å². The van der Waals surface area contributed by atoms with Crippen molar-refractivity contribution in [3.8, 4) is 11.5 Å². The van der Waals surface area contributed by atoms with Crippen LogP contribution in [0.25, 0.3) is 0 Å². The summed E-state index contributed by atoms with van der Waals surface area (Å²) in [4.78, 5) is 22.6. The summed E-state index contributed by atoms with van der Waals surface area (Å²) < 4.78 is 6.02. The molecule has 144 valence electrons. The molecular formula is C21H22N4O2S. The van der Waals surface area contributed by atoms with Gasteiger partial charge in [-0.1, -0.05) is 6.07 Å². The average molecular weight is 395 g/mol. The van der Waals surface area contributed by atoms with E-state index in [-0.39, 0.29) is 0 Å². The number of carbonyl (C=O) groups excluding carboxylic acids is 1. The predicted molar refractivity (Wildman–Crippen MR) is 110 cm³/mol. The molecule has 1 aliphatic rings. The lowest BCUT2D eigenvalue weighted by Crippen LogP contribution is -2.25. The smallest absolute Gasteiger partial charge is 0.213 e. The molecular weight excluding hydrogens is 372 g/mol. The highest BCUT2D eigenvalue weighted by atomic mass is 32.1. The Bertz CT molecular complexity index is 973. The van der Waals surface area contributed by atoms with Crippen molar-refractivity contribution in [2.75, 3.05) is 18.4 Å². The Morgan fingerprint density at radius 2 is 1.96 bits per heavy atom. The molecule has 3 heterocycles. The summed E-state index contributed by atoms with van der Waals surface area (Å²) in [7, 11) is 0. The molecule has 0 radical (unpaired) electrons. The molecule has 0 bridgehead atoms. The number of ether oxygens (including phenoxy) is 1. The number of aromatic nitrogens is 2. The predicted octanol–water partition coefficient (Wildman–Crippen LogP) is 3.81. The van der Waals surface area contributed by atoms with E-state index in [1.807, 2.05) is 31.3 Å². The molecule has 0 atom stereocenters. The van der Waals surface area contributed by atoms with E-state index >= 15 is 0 Å². The molecule has 2 aromatic heterocycles. The minimum absolute atomic E-state index is 0.649. The Hall–Kier alpha value is -2.77. The highest BCUT2D eigenvalue weighted by Gasteiger charge is 2.16. The third-order valence-electron chi connectivity index (χ3n) is 4.79. The number of thiazole rings is 1. The highest BCUT2D eigenvalue weighted by molar-refractivity contribution is 7.15. The van der Waals surface area contributed by atoms with Gasteiger partial charge < -0.3 is 10.1 Å². The number of rotatable bonds is 6. The van der Waals surface area contributed by atoms with Crippen molar-refractivity contribution < 1.29 is 9.53 Å². The Balaban J connectivity index is 1.41. The van der Waals surface area contributed by atoms with Crippen molar-refractivity contribution >= 4 is 22.9 Å². The highest BCUT2D eigenvalue weighted by Crippen LogP contribution is 2.27. The molecule has 7 heteroatoms. The number of fused-ring (bicyclic) bond motifs is 1. The second-order valence-electron chi connectivity index (χ2n) is 6.84. The van der Waals surface area contributed by atoms with Crippen molar-refractivity contribution in [2.24, 2.45) is 0 Å². The van der Waals surface area contributed by atoms with Gasteiger partial charge in [-0.05, 0) is 49.1 Å². The van der Waals surface area contributed by atoms with Gasteiger partial charge in [0.2, 0.25) is 6.41 Å². The van der Waals surface area contributed by atoms with E-state index in [4.69, 9.17) is 4.74 Å². The summed E-state index contributed by atoms with van der Waals surface area (Å²) in [5.74, 6) is 1.68. The fraction of sp³-hybridized carbons (Fsp3) is 0.286. The number of hydrogen-bond acceptors (Lipinski definition) is 6. The molecule has 0 saturated heterocycles. The van der Waals surface area contributed by atoms with E-state index < -0.39 is 0 Å². The van der Waals surface area contributed by atoms with Gasteiger partial charge in [-0.2, -0.15) is 0 Å². The number of benzene rings is 1. The van der Waals surface area contributed by atoms with Gasteiger partial charge in [0.1, 0.15) is 11.5 Å². The monoisotopic (exact) mass is 394 g/mol. The van der Waals surface area contributed by atoms with Crippen LogP contribution in [-0.4, -0.2) is 34.4 Å². The van der Waals surface area contributed by atoms with Crippen molar-refractivity contribution in [3.63, 3.8) is 0 Å². The summed E-state index contributed by atoms with van der Waals surface area (Å²) >= 11 is 1.53. The SMILES string of the molecule is Cc1cc(Oc2ccc3c(c2)CCN(Cc2cnc(NC=O)s2)CC3)ccn1. The Morgan fingerprint density at radius 3 is 2.79 bits per heavy atom. The van der Waals surface area contributed by atoms with Gasteiger partial charge >= 0.3 is 0 Å². The summed E-state index contributed by atoms with van der Waals surface area (Å²) in [6.07, 6.45) is 6.28. The van der Waals surface area contributed by atoms with Crippen LogP contribution in [0.4, 0.5) is 5.13 Å². The summed E-state index contributed by atoms with van der Waals surface area (Å²) in [5.41, 5.74) is 3.67. The molecule has 1 amide bonds. The third-order valence-corrected chi connectivity index (χ3v) is 5.71. The second kappa shape index (κ2) is 8.50. The fourth-order valence-electron chi connectivity index (χ4n) is 3.41. The summed E-state index contributed by atoms with van der Waals surface area (Å²) in [5, 5.41) is 3.26. The standard InChI is InChI=1S/C21H22N4O2S/c1-15-10-19(4-7-22-15)27-18-3-2-16-5-8-25(9-6-17(16)11-18)13-20-12-23-21(28-20)24-14-26/h2-4,7,10-12,14H,5-6,8-9,13H2,1H3,(H,23,24,26). The van der Waals surface area contributed by atoms with Crippen LogP contribution in [0.3, 0.4) is 0 Å². The topological polar surface area (TPSA) is 67.3 Å². The summed E-state index contributed by atoms with van der Waals surface area (Å²) in [6.45, 7) is 4.80. The number of anilines is 1. The van der Waals surface area contributed by atoms with E-state index in [1.165, 1.54) is 22.5 Å². The lowest BCUT2D eigenvalue weighted by atomic mass is 10.0. The number of nitrogens with zero attached hydrogens (tertiary/aromatic N) is 3. The van der Waals surface area contributed by atoms with E-state index in [2.05, 4.69) is 32.3 Å². The minimum atomic E-state index is 0.649. The second-order valence-corrected chi connectivity index (χ2v) is 7.95. The van der Waals surface area contributed by atoms with Crippen molar-refractivity contribution in [1.82, 2.24) is 14.9 Å². The van der Waals surface area contributed by atoms with Crippen LogP contribution in [0.15, 0.2) is 42.7 Å². The van der Waals surface area contributed by atoms with Crippen molar-refractivity contribution in [2.45, 2.75) is 26.3 Å². The first-order chi connectivity index (χ1) is 13.7. The molecule has 3 aromatic rings. The first-order valence-electron chi connectivity index (χ1n) is 9.29. The molecule has 28 heavy (non-hydrogen) atoms. The minimum Gasteiger partial charge on any atom is -0.457 e. The maximum Gasteiger partial charge on any atom is 0.213 e. The van der Waals surface area contributed by atoms with Crippen molar-refractivity contribution in [3.05, 3.63) is 64.4 Å². The van der Waals surface area contributed by atoms with Crippen LogP contribution < -0.4 is 10.1 Å². The molecule has 4 rings (SSSR count). The van der Waals surface area contributed by atoms with Gasteiger partial charge in [0, 0.05) is 48.7 Å². The van der Waals surface area contributed by atoms with E-state index in [0.717, 1.165) is 54.5 Å². The van der Waals surface area contributed by atoms with Gasteiger partial charge in [0.05, 0.1) is 0 Å². The van der Waals surface area contributed by atoms with Crippen LogP contribution in [-0.2, 0) is 24.2 Å². The van der Waals surface area contributed by atoms with Crippen LogP contribution in [0.2, 0.25) is 0 Å². The molecule has 1 N–H and O–H groups in total. The van der Waals surface area contributed by atoms with Gasteiger partial charge in [0.15, 0.2) is 5.13 Å². The largest absolute Gasteiger partial charge is 0.457 e. The lowest BCUT2D eigenvalue weighted by Gasteiger charge is -2.18. The zero-order valence-corrected chi connectivity index (χ0v) is 16.5. The van der Waals surface area contributed by atoms with E-state index in [1.54, 1.807) is 6.20 Å². The maximum absolute atomic E-state index is 10.5. The quantitative estimate of drug-likeness (QED) is 0.644. The molecule has 0 unspecified atom stereocenters. The Morgan fingerprint density at radius 1 is 1.14 bits per heavy atom. The Kier molecular flexibility index (Phi) is 5.64. The van der Waals surface area contributed by atoms with E-state index in [0.29, 0.717) is 11.5 Å². The molecule has 1 aromatic carbocycles. The van der Waals surface area contributed by atoms with E-state index in [9.17, 15) is 4.79 Å². The number of nitrogens with one attached hydrogen (secondary N) is 1. The molecule has 0 saturated carbocycles. The average Bonchev–Trinajstić information content (AvgIpc) is 3.02. The van der Waals surface area contributed by atoms with Crippen LogP contribution in [0, 0.1) is 6.92 Å². The zero-order chi connectivity index (χ0) is 19.3. The number of aryl methyl sites for hydroxylation is 1. The normalized spacial score (nSPS) is 14.2. The molecule has 0 aliphatic carbocycles. The molecule has 0 fully saturated rings. The first kappa shape index (κ1) is 18.6. The fourth-order valence-corrected chi connectivity index (χ4v) is 4.22. The van der Waals surface area contributed by atoms with Gasteiger partial charge in [-0.3, -0.25) is 14.7 Å².